The number of ether oxygens (including phenoxy) is 1. The van der Waals surface area contributed by atoms with E-state index >= 15 is 0 Å². The van der Waals surface area contributed by atoms with E-state index in [1.165, 1.54) is 32.1 Å². The lowest BCUT2D eigenvalue weighted by Gasteiger charge is -2.18. The first-order valence-electron chi connectivity index (χ1n) is 7.93. The monoisotopic (exact) mass is 266 g/mol. The van der Waals surface area contributed by atoms with Crippen LogP contribution in [0.3, 0.4) is 0 Å². The molecular formula is C15H26N2O2. The van der Waals surface area contributed by atoms with E-state index in [-0.39, 0.29) is 6.03 Å². The second kappa shape index (κ2) is 6.12. The second-order valence-electron chi connectivity index (χ2n) is 6.46. The van der Waals surface area contributed by atoms with Crippen LogP contribution in [0.1, 0.15) is 38.5 Å². The first-order valence-corrected chi connectivity index (χ1v) is 7.93. The van der Waals surface area contributed by atoms with Crippen molar-refractivity contribution in [1.82, 2.24) is 10.2 Å². The fourth-order valence-electron chi connectivity index (χ4n) is 3.42. The Labute approximate surface area is 115 Å². The van der Waals surface area contributed by atoms with Gasteiger partial charge in [-0.25, -0.2) is 4.79 Å². The zero-order valence-electron chi connectivity index (χ0n) is 11.8. The normalized spacial score (nSPS) is 29.6. The van der Waals surface area contributed by atoms with Crippen molar-refractivity contribution in [2.75, 3.05) is 32.8 Å². The number of hydrogen-bond acceptors (Lipinski definition) is 2. The molecule has 2 aliphatic carbocycles. The van der Waals surface area contributed by atoms with Gasteiger partial charge in [0.1, 0.15) is 0 Å². The second-order valence-corrected chi connectivity index (χ2v) is 6.46. The average Bonchev–Trinajstić information content (AvgIpc) is 2.96. The van der Waals surface area contributed by atoms with Crippen LogP contribution < -0.4 is 5.32 Å². The number of likely N-dealkylation sites (tertiary alicyclic amines) is 1. The molecule has 1 N–H and O–H groups in total. The van der Waals surface area contributed by atoms with Crippen molar-refractivity contribution < 1.29 is 9.53 Å². The van der Waals surface area contributed by atoms with Crippen molar-refractivity contribution in [2.45, 2.75) is 38.5 Å². The lowest BCUT2D eigenvalue weighted by atomic mass is 10.0. The number of fused-ring (bicyclic) bond motifs is 1. The van der Waals surface area contributed by atoms with Gasteiger partial charge in [-0.2, -0.15) is 0 Å². The molecule has 1 aliphatic heterocycles. The summed E-state index contributed by atoms with van der Waals surface area (Å²) in [5, 5.41) is 3.02. The fraction of sp³-hybridized carbons (Fsp3) is 0.933. The first kappa shape index (κ1) is 13.2. The van der Waals surface area contributed by atoms with Crippen LogP contribution >= 0.6 is 0 Å². The fourth-order valence-corrected chi connectivity index (χ4v) is 3.42. The maximum absolute atomic E-state index is 12.0. The Morgan fingerprint density at radius 1 is 1.16 bits per heavy atom. The van der Waals surface area contributed by atoms with Gasteiger partial charge < -0.3 is 15.0 Å². The van der Waals surface area contributed by atoms with Crippen molar-refractivity contribution in [2.24, 2.45) is 17.8 Å². The van der Waals surface area contributed by atoms with Gasteiger partial charge in [-0.15, -0.1) is 0 Å². The standard InChI is InChI=1S/C15H26N2O2/c18-15(16-7-2-8-19-11-12-5-6-12)17-9-13-3-1-4-14(13)10-17/h12-14H,1-11H2,(H,16,18)/t13-,14-/m1/s1. The van der Waals surface area contributed by atoms with Crippen molar-refractivity contribution in [1.29, 1.82) is 0 Å². The molecule has 1 saturated heterocycles. The zero-order valence-corrected chi connectivity index (χ0v) is 11.8. The number of rotatable bonds is 6. The number of carbonyl (C=O) groups is 1. The Morgan fingerprint density at radius 3 is 2.58 bits per heavy atom. The summed E-state index contributed by atoms with van der Waals surface area (Å²) in [6, 6.07) is 0.136. The Balaban J connectivity index is 1.24. The van der Waals surface area contributed by atoms with Gasteiger partial charge in [0.05, 0.1) is 0 Å². The Bertz CT molecular complexity index is 305. The van der Waals surface area contributed by atoms with E-state index in [4.69, 9.17) is 4.74 Å². The highest BCUT2D eigenvalue weighted by Gasteiger charge is 2.37. The molecule has 2 atom stereocenters. The predicted molar refractivity (Wildman–Crippen MR) is 74.0 cm³/mol. The minimum Gasteiger partial charge on any atom is -0.381 e. The summed E-state index contributed by atoms with van der Waals surface area (Å²) in [7, 11) is 0. The van der Waals surface area contributed by atoms with E-state index in [1.807, 2.05) is 4.90 Å². The third-order valence-electron chi connectivity index (χ3n) is 4.81. The highest BCUT2D eigenvalue weighted by atomic mass is 16.5. The van der Waals surface area contributed by atoms with Gasteiger partial charge in [-0.1, -0.05) is 6.42 Å². The smallest absolute Gasteiger partial charge is 0.317 e. The molecule has 0 bridgehead atoms. The molecule has 2 saturated carbocycles. The molecule has 108 valence electrons. The SMILES string of the molecule is O=C(NCCCOCC1CC1)N1C[C@H]2CCC[C@@H]2C1. The van der Waals surface area contributed by atoms with E-state index in [9.17, 15) is 4.79 Å². The highest BCUT2D eigenvalue weighted by Crippen LogP contribution is 2.37. The molecule has 4 nitrogen and oxygen atoms in total. The van der Waals surface area contributed by atoms with Gasteiger partial charge in [0.2, 0.25) is 0 Å². The van der Waals surface area contributed by atoms with Crippen LogP contribution in [0, 0.1) is 17.8 Å². The summed E-state index contributed by atoms with van der Waals surface area (Å²) in [6.07, 6.45) is 7.62. The lowest BCUT2D eigenvalue weighted by Crippen LogP contribution is -2.39. The molecule has 1 heterocycles. The summed E-state index contributed by atoms with van der Waals surface area (Å²) in [5.74, 6) is 2.40. The van der Waals surface area contributed by atoms with Crippen LogP contribution in [0.25, 0.3) is 0 Å². The molecule has 0 aromatic rings. The molecule has 0 aromatic carbocycles. The van der Waals surface area contributed by atoms with Crippen molar-refractivity contribution in [3.8, 4) is 0 Å². The average molecular weight is 266 g/mol. The molecule has 0 unspecified atom stereocenters. The Kier molecular flexibility index (Phi) is 4.26. The number of nitrogens with zero attached hydrogens (tertiary/aromatic N) is 1. The molecule has 3 rings (SSSR count). The number of urea groups is 1. The summed E-state index contributed by atoms with van der Waals surface area (Å²) in [4.78, 5) is 14.0. The minimum absolute atomic E-state index is 0.136. The highest BCUT2D eigenvalue weighted by molar-refractivity contribution is 5.74. The van der Waals surface area contributed by atoms with Crippen LogP contribution in [-0.4, -0.2) is 43.8 Å². The third-order valence-corrected chi connectivity index (χ3v) is 4.81. The van der Waals surface area contributed by atoms with Gasteiger partial charge in [-0.05, 0) is 49.9 Å². The number of hydrogen-bond donors (Lipinski definition) is 1. The quantitative estimate of drug-likeness (QED) is 0.749. The van der Waals surface area contributed by atoms with Crippen molar-refractivity contribution in [3.05, 3.63) is 0 Å². The Hall–Kier alpha value is -0.770. The van der Waals surface area contributed by atoms with Gasteiger partial charge in [0.25, 0.3) is 0 Å². The molecule has 0 spiro atoms. The minimum atomic E-state index is 0.136. The zero-order chi connectivity index (χ0) is 13.1. The maximum atomic E-state index is 12.0. The molecule has 0 aromatic heterocycles. The van der Waals surface area contributed by atoms with E-state index in [1.54, 1.807) is 0 Å². The van der Waals surface area contributed by atoms with Crippen LogP contribution in [-0.2, 0) is 4.74 Å². The molecular weight excluding hydrogens is 240 g/mol. The van der Waals surface area contributed by atoms with E-state index in [2.05, 4.69) is 5.32 Å². The van der Waals surface area contributed by atoms with Gasteiger partial charge in [-0.3, -0.25) is 0 Å². The van der Waals surface area contributed by atoms with E-state index in [0.717, 1.165) is 57.0 Å². The number of nitrogens with one attached hydrogen (secondary N) is 1. The maximum Gasteiger partial charge on any atom is 0.317 e. The van der Waals surface area contributed by atoms with Crippen LogP contribution in [0.4, 0.5) is 4.79 Å². The molecule has 2 amide bonds. The largest absolute Gasteiger partial charge is 0.381 e. The summed E-state index contributed by atoms with van der Waals surface area (Å²) in [6.45, 7) is 4.41. The summed E-state index contributed by atoms with van der Waals surface area (Å²) < 4.78 is 5.56. The van der Waals surface area contributed by atoms with Crippen molar-refractivity contribution in [3.63, 3.8) is 0 Å². The number of amides is 2. The molecule has 0 radical (unpaired) electrons. The van der Waals surface area contributed by atoms with Crippen LogP contribution in [0.15, 0.2) is 0 Å². The molecule has 19 heavy (non-hydrogen) atoms. The van der Waals surface area contributed by atoms with Crippen molar-refractivity contribution >= 4 is 6.03 Å². The summed E-state index contributed by atoms with van der Waals surface area (Å²) >= 11 is 0. The lowest BCUT2D eigenvalue weighted by molar-refractivity contribution is 0.122. The topological polar surface area (TPSA) is 41.6 Å². The Morgan fingerprint density at radius 2 is 1.89 bits per heavy atom. The van der Waals surface area contributed by atoms with Gasteiger partial charge in [0, 0.05) is 32.8 Å². The summed E-state index contributed by atoms with van der Waals surface area (Å²) in [5.41, 5.74) is 0. The first-order chi connectivity index (χ1) is 9.33. The number of carbonyl (C=O) groups excluding carboxylic acids is 1. The molecule has 3 fully saturated rings. The molecule has 3 aliphatic rings. The predicted octanol–water partition coefficient (Wildman–Crippen LogP) is 2.24. The van der Waals surface area contributed by atoms with Gasteiger partial charge >= 0.3 is 6.03 Å². The van der Waals surface area contributed by atoms with E-state index < -0.39 is 0 Å². The third kappa shape index (κ3) is 3.62. The van der Waals surface area contributed by atoms with Gasteiger partial charge in [0.15, 0.2) is 0 Å². The van der Waals surface area contributed by atoms with E-state index in [0.29, 0.717) is 0 Å². The van der Waals surface area contributed by atoms with Crippen LogP contribution in [0.2, 0.25) is 0 Å². The molecule has 4 heteroatoms. The van der Waals surface area contributed by atoms with Crippen LogP contribution in [0.5, 0.6) is 0 Å².